The second-order valence-corrected chi connectivity index (χ2v) is 5.04. The Labute approximate surface area is 113 Å². The van der Waals surface area contributed by atoms with Crippen molar-refractivity contribution in [2.45, 2.75) is 32.7 Å². The van der Waals surface area contributed by atoms with Crippen LogP contribution in [0.3, 0.4) is 0 Å². The molecule has 1 aromatic heterocycles. The Morgan fingerprint density at radius 2 is 2.00 bits per heavy atom. The summed E-state index contributed by atoms with van der Waals surface area (Å²) < 4.78 is 1.49. The topological polar surface area (TPSA) is 62.5 Å². The van der Waals surface area contributed by atoms with E-state index < -0.39 is 11.5 Å². The molecule has 0 unspecified atom stereocenters. The van der Waals surface area contributed by atoms with Gasteiger partial charge in [-0.3, -0.25) is 4.79 Å². The molecule has 0 saturated heterocycles. The van der Waals surface area contributed by atoms with Crippen LogP contribution < -0.4 is 5.56 Å². The lowest BCUT2D eigenvalue weighted by Crippen LogP contribution is -2.27. The third-order valence-corrected chi connectivity index (χ3v) is 3.09. The molecule has 1 rings (SSSR count). The van der Waals surface area contributed by atoms with Gasteiger partial charge in [-0.05, 0) is 52.0 Å². The maximum atomic E-state index is 12.0. The third-order valence-electron chi connectivity index (χ3n) is 3.09. The van der Waals surface area contributed by atoms with Gasteiger partial charge in [0.2, 0.25) is 0 Å². The SMILES string of the molecule is Cc1ccn(CCCCCN(C)C)c(=O)c1C(=O)O. The van der Waals surface area contributed by atoms with Gasteiger partial charge in [0, 0.05) is 12.7 Å². The van der Waals surface area contributed by atoms with E-state index in [1.807, 2.05) is 14.1 Å². The van der Waals surface area contributed by atoms with E-state index in [-0.39, 0.29) is 5.56 Å². The lowest BCUT2D eigenvalue weighted by atomic mass is 10.1. The van der Waals surface area contributed by atoms with Gasteiger partial charge in [-0.2, -0.15) is 0 Å². The number of aromatic carboxylic acids is 1. The molecule has 0 bridgehead atoms. The molecular formula is C14H22N2O3. The molecule has 1 aromatic rings. The number of aromatic nitrogens is 1. The molecule has 0 fully saturated rings. The first kappa shape index (κ1) is 15.4. The van der Waals surface area contributed by atoms with Crippen molar-refractivity contribution in [3.05, 3.63) is 33.7 Å². The zero-order valence-electron chi connectivity index (χ0n) is 11.8. The number of nitrogens with zero attached hydrogens (tertiary/aromatic N) is 2. The first-order chi connectivity index (χ1) is 8.93. The first-order valence-electron chi connectivity index (χ1n) is 6.51. The average molecular weight is 266 g/mol. The van der Waals surface area contributed by atoms with Crippen molar-refractivity contribution in [1.29, 1.82) is 0 Å². The van der Waals surface area contributed by atoms with E-state index in [0.29, 0.717) is 12.1 Å². The number of hydrogen-bond acceptors (Lipinski definition) is 3. The predicted octanol–water partition coefficient (Wildman–Crippen LogP) is 1.59. The third kappa shape index (κ3) is 4.52. The van der Waals surface area contributed by atoms with Crippen molar-refractivity contribution < 1.29 is 9.90 Å². The van der Waals surface area contributed by atoms with Crippen LogP contribution in [-0.4, -0.2) is 41.2 Å². The highest BCUT2D eigenvalue weighted by Gasteiger charge is 2.13. The van der Waals surface area contributed by atoms with E-state index >= 15 is 0 Å². The molecule has 0 aliphatic carbocycles. The smallest absolute Gasteiger partial charge is 0.341 e. The minimum Gasteiger partial charge on any atom is -0.477 e. The number of unbranched alkanes of at least 4 members (excludes halogenated alkanes) is 2. The van der Waals surface area contributed by atoms with Crippen molar-refractivity contribution >= 4 is 5.97 Å². The molecule has 0 atom stereocenters. The second kappa shape index (κ2) is 7.09. The minimum atomic E-state index is -1.15. The molecule has 0 aliphatic heterocycles. The summed E-state index contributed by atoms with van der Waals surface area (Å²) in [7, 11) is 4.06. The summed E-state index contributed by atoms with van der Waals surface area (Å²) in [5.74, 6) is -1.15. The van der Waals surface area contributed by atoms with Crippen LogP contribution in [0.15, 0.2) is 17.1 Å². The summed E-state index contributed by atoms with van der Waals surface area (Å²) in [5, 5.41) is 9.02. The number of rotatable bonds is 7. The summed E-state index contributed by atoms with van der Waals surface area (Å²) in [4.78, 5) is 25.1. The van der Waals surface area contributed by atoms with Crippen LogP contribution in [-0.2, 0) is 6.54 Å². The Bertz CT molecular complexity index is 492. The van der Waals surface area contributed by atoms with Gasteiger partial charge in [0.05, 0.1) is 0 Å². The molecule has 0 saturated carbocycles. The minimum absolute atomic E-state index is 0.115. The maximum absolute atomic E-state index is 12.0. The maximum Gasteiger partial charge on any atom is 0.341 e. The van der Waals surface area contributed by atoms with E-state index in [2.05, 4.69) is 4.90 Å². The molecule has 5 nitrogen and oxygen atoms in total. The lowest BCUT2D eigenvalue weighted by molar-refractivity contribution is 0.0693. The van der Waals surface area contributed by atoms with Crippen LogP contribution in [0.1, 0.15) is 35.2 Å². The molecule has 1 N–H and O–H groups in total. The fraction of sp³-hybridized carbons (Fsp3) is 0.571. The molecule has 0 aliphatic rings. The molecule has 106 valence electrons. The number of carboxylic acids is 1. The highest BCUT2D eigenvalue weighted by Crippen LogP contribution is 2.04. The monoisotopic (exact) mass is 266 g/mol. The van der Waals surface area contributed by atoms with Crippen LogP contribution in [0, 0.1) is 6.92 Å². The highest BCUT2D eigenvalue weighted by molar-refractivity contribution is 5.88. The molecule has 0 aromatic carbocycles. The largest absolute Gasteiger partial charge is 0.477 e. The Kier molecular flexibility index (Phi) is 5.76. The summed E-state index contributed by atoms with van der Waals surface area (Å²) in [6, 6.07) is 1.69. The van der Waals surface area contributed by atoms with Crippen LogP contribution in [0.25, 0.3) is 0 Å². The zero-order chi connectivity index (χ0) is 14.4. The molecule has 19 heavy (non-hydrogen) atoms. The van der Waals surface area contributed by atoms with Gasteiger partial charge in [-0.15, -0.1) is 0 Å². The highest BCUT2D eigenvalue weighted by atomic mass is 16.4. The van der Waals surface area contributed by atoms with Crippen LogP contribution in [0.4, 0.5) is 0 Å². The van der Waals surface area contributed by atoms with Crippen molar-refractivity contribution in [2.24, 2.45) is 0 Å². The van der Waals surface area contributed by atoms with E-state index in [9.17, 15) is 9.59 Å². The fourth-order valence-electron chi connectivity index (χ4n) is 1.99. The zero-order valence-corrected chi connectivity index (χ0v) is 11.8. The Balaban J connectivity index is 2.63. The fourth-order valence-corrected chi connectivity index (χ4v) is 1.99. The summed E-state index contributed by atoms with van der Waals surface area (Å²) >= 11 is 0. The van der Waals surface area contributed by atoms with Crippen molar-refractivity contribution in [2.75, 3.05) is 20.6 Å². The molecule has 1 heterocycles. The number of carbonyl (C=O) groups is 1. The molecule has 0 radical (unpaired) electrons. The Morgan fingerprint density at radius 1 is 1.32 bits per heavy atom. The van der Waals surface area contributed by atoms with Crippen LogP contribution in [0.5, 0.6) is 0 Å². The van der Waals surface area contributed by atoms with E-state index in [0.717, 1.165) is 25.8 Å². The van der Waals surface area contributed by atoms with Gasteiger partial charge in [0.1, 0.15) is 5.56 Å². The lowest BCUT2D eigenvalue weighted by Gasteiger charge is -2.10. The van der Waals surface area contributed by atoms with Crippen LogP contribution in [0.2, 0.25) is 0 Å². The predicted molar refractivity (Wildman–Crippen MR) is 74.8 cm³/mol. The second-order valence-electron chi connectivity index (χ2n) is 5.04. The van der Waals surface area contributed by atoms with Gasteiger partial charge in [-0.1, -0.05) is 6.42 Å². The number of pyridine rings is 1. The van der Waals surface area contributed by atoms with E-state index in [4.69, 9.17) is 5.11 Å². The molecule has 5 heteroatoms. The quantitative estimate of drug-likeness (QED) is 0.761. The number of aryl methyl sites for hydroxylation is 2. The Hall–Kier alpha value is -1.62. The van der Waals surface area contributed by atoms with Crippen molar-refractivity contribution in [3.63, 3.8) is 0 Å². The van der Waals surface area contributed by atoms with Crippen LogP contribution >= 0.6 is 0 Å². The van der Waals surface area contributed by atoms with Gasteiger partial charge in [0.25, 0.3) is 5.56 Å². The van der Waals surface area contributed by atoms with Gasteiger partial charge < -0.3 is 14.6 Å². The van der Waals surface area contributed by atoms with Gasteiger partial charge >= 0.3 is 5.97 Å². The van der Waals surface area contributed by atoms with Crippen molar-refractivity contribution in [3.8, 4) is 0 Å². The summed E-state index contributed by atoms with van der Waals surface area (Å²) in [6.45, 7) is 3.25. The van der Waals surface area contributed by atoms with Gasteiger partial charge in [-0.25, -0.2) is 4.79 Å². The van der Waals surface area contributed by atoms with E-state index in [1.165, 1.54) is 4.57 Å². The summed E-state index contributed by atoms with van der Waals surface area (Å²) in [5.41, 5.74) is -0.00254. The van der Waals surface area contributed by atoms with E-state index in [1.54, 1.807) is 19.2 Å². The van der Waals surface area contributed by atoms with Crippen molar-refractivity contribution in [1.82, 2.24) is 9.47 Å². The standard InChI is InChI=1S/C14H22N2O3/c1-11-7-10-16(13(17)12(11)14(18)19)9-6-4-5-8-15(2)3/h7,10H,4-6,8-9H2,1-3H3,(H,18,19). The van der Waals surface area contributed by atoms with Gasteiger partial charge in [0.15, 0.2) is 0 Å². The average Bonchev–Trinajstić information content (AvgIpc) is 2.30. The normalized spacial score (nSPS) is 10.9. The Morgan fingerprint density at radius 3 is 2.58 bits per heavy atom. The molecule has 0 amide bonds. The number of hydrogen-bond donors (Lipinski definition) is 1. The summed E-state index contributed by atoms with van der Waals surface area (Å²) in [6.07, 6.45) is 4.67. The first-order valence-corrected chi connectivity index (χ1v) is 6.51. The molecule has 0 spiro atoms. The molecular weight excluding hydrogens is 244 g/mol. The number of carboxylic acid groups (broad SMARTS) is 1.